The van der Waals surface area contributed by atoms with Crippen LogP contribution in [-0.2, 0) is 17.6 Å². The summed E-state index contributed by atoms with van der Waals surface area (Å²) in [5, 5.41) is 8.63. The maximum atomic E-state index is 12.6. The first kappa shape index (κ1) is 22.8. The van der Waals surface area contributed by atoms with Crippen LogP contribution in [-0.4, -0.2) is 58.7 Å². The highest BCUT2D eigenvalue weighted by atomic mass is 16.5. The van der Waals surface area contributed by atoms with Gasteiger partial charge in [0.15, 0.2) is 0 Å². The van der Waals surface area contributed by atoms with Crippen molar-refractivity contribution in [1.29, 1.82) is 0 Å². The molecule has 0 atom stereocenters. The zero-order chi connectivity index (χ0) is 24.6. The van der Waals surface area contributed by atoms with Gasteiger partial charge in [0.1, 0.15) is 5.75 Å². The summed E-state index contributed by atoms with van der Waals surface area (Å²) in [6.45, 7) is 6.05. The van der Waals surface area contributed by atoms with Gasteiger partial charge < -0.3 is 14.5 Å². The molecule has 1 aliphatic carbocycles. The van der Waals surface area contributed by atoms with Gasteiger partial charge in [0.2, 0.25) is 5.91 Å². The number of allylic oxidation sites excluding steroid dienone is 1. The van der Waals surface area contributed by atoms with E-state index in [1.54, 1.807) is 0 Å². The van der Waals surface area contributed by atoms with Gasteiger partial charge >= 0.3 is 0 Å². The number of aromatic amines is 1. The van der Waals surface area contributed by atoms with Crippen molar-refractivity contribution < 1.29 is 9.53 Å². The number of nitrogens with zero attached hydrogens (tertiary/aromatic N) is 3. The average Bonchev–Trinajstić information content (AvgIpc) is 3.65. The quantitative estimate of drug-likeness (QED) is 0.577. The summed E-state index contributed by atoms with van der Waals surface area (Å²) in [7, 11) is 0. The number of hydrogen-bond acceptors (Lipinski definition) is 5. The summed E-state index contributed by atoms with van der Waals surface area (Å²) in [6.07, 6.45) is 6.82. The molecule has 0 spiro atoms. The van der Waals surface area contributed by atoms with Crippen LogP contribution >= 0.6 is 0 Å². The molecular formula is C29H32N4O3. The summed E-state index contributed by atoms with van der Waals surface area (Å²) in [6, 6.07) is 12.1. The molecule has 1 saturated carbocycles. The molecule has 7 heteroatoms. The number of fused-ring (bicyclic) bond motifs is 2. The lowest BCUT2D eigenvalue weighted by molar-refractivity contribution is -0.133. The molecule has 0 bridgehead atoms. The molecule has 3 aromatic rings. The highest BCUT2D eigenvalue weighted by Crippen LogP contribution is 2.38. The Morgan fingerprint density at radius 3 is 2.61 bits per heavy atom. The fourth-order valence-electron chi connectivity index (χ4n) is 5.52. The third-order valence-corrected chi connectivity index (χ3v) is 7.52. The first-order valence-corrected chi connectivity index (χ1v) is 13.1. The Morgan fingerprint density at radius 1 is 1.11 bits per heavy atom. The van der Waals surface area contributed by atoms with Crippen molar-refractivity contribution in [3.63, 3.8) is 0 Å². The first-order chi connectivity index (χ1) is 17.6. The van der Waals surface area contributed by atoms with Crippen molar-refractivity contribution in [2.75, 3.05) is 32.8 Å². The molecule has 3 aliphatic rings. The van der Waals surface area contributed by atoms with E-state index in [2.05, 4.69) is 40.2 Å². The second-order valence-electron chi connectivity index (χ2n) is 10.0. The summed E-state index contributed by atoms with van der Waals surface area (Å²) in [5.74, 6) is 1.59. The summed E-state index contributed by atoms with van der Waals surface area (Å²) < 4.78 is 6.14. The number of carbonyl (C=O) groups excluding carboxylic acids is 1. The highest BCUT2D eigenvalue weighted by molar-refractivity contribution is 5.84. The second kappa shape index (κ2) is 9.45. The van der Waals surface area contributed by atoms with E-state index in [4.69, 9.17) is 4.74 Å². The molecule has 3 heterocycles. The lowest BCUT2D eigenvalue weighted by Crippen LogP contribution is -2.48. The molecule has 2 fully saturated rings. The van der Waals surface area contributed by atoms with Gasteiger partial charge in [-0.05, 0) is 42.5 Å². The number of aromatic nitrogens is 2. The number of amides is 1. The van der Waals surface area contributed by atoms with Crippen LogP contribution in [0, 0.1) is 5.92 Å². The number of piperazine rings is 1. The number of benzene rings is 2. The molecular weight excluding hydrogens is 452 g/mol. The van der Waals surface area contributed by atoms with Gasteiger partial charge in [-0.25, -0.2) is 5.10 Å². The van der Waals surface area contributed by atoms with Gasteiger partial charge in [0.25, 0.3) is 5.56 Å². The van der Waals surface area contributed by atoms with E-state index in [0.717, 1.165) is 79.8 Å². The van der Waals surface area contributed by atoms with Crippen LogP contribution in [0.15, 0.2) is 47.3 Å². The molecule has 0 radical (unpaired) electrons. The topological polar surface area (TPSA) is 78.5 Å². The Labute approximate surface area is 210 Å². The first-order valence-electron chi connectivity index (χ1n) is 13.1. The van der Waals surface area contributed by atoms with E-state index in [-0.39, 0.29) is 11.5 Å². The predicted molar refractivity (Wildman–Crippen MR) is 140 cm³/mol. The molecule has 6 rings (SSSR count). The summed E-state index contributed by atoms with van der Waals surface area (Å²) in [4.78, 5) is 29.3. The Hall–Kier alpha value is -3.61. The number of H-pyrrole nitrogens is 1. The molecule has 2 aliphatic heterocycles. The summed E-state index contributed by atoms with van der Waals surface area (Å²) >= 11 is 0. The number of hydrogen-bond donors (Lipinski definition) is 1. The molecule has 186 valence electrons. The van der Waals surface area contributed by atoms with Gasteiger partial charge in [0.05, 0.1) is 17.7 Å². The van der Waals surface area contributed by atoms with Crippen LogP contribution in [0.4, 0.5) is 0 Å². The van der Waals surface area contributed by atoms with E-state index in [9.17, 15) is 9.59 Å². The van der Waals surface area contributed by atoms with Crippen molar-refractivity contribution in [3.8, 4) is 5.75 Å². The highest BCUT2D eigenvalue weighted by Gasteiger charge is 2.35. The Balaban J connectivity index is 1.32. The maximum Gasteiger partial charge on any atom is 0.272 e. The number of ether oxygens (including phenoxy) is 1. The molecule has 1 saturated heterocycles. The minimum Gasteiger partial charge on any atom is -0.492 e. The van der Waals surface area contributed by atoms with Crippen LogP contribution in [0.2, 0.25) is 0 Å². The third-order valence-electron chi connectivity index (χ3n) is 7.52. The largest absolute Gasteiger partial charge is 0.492 e. The minimum absolute atomic E-state index is 0.162. The zero-order valence-electron chi connectivity index (χ0n) is 20.8. The Morgan fingerprint density at radius 2 is 1.86 bits per heavy atom. The Bertz CT molecular complexity index is 1400. The van der Waals surface area contributed by atoms with Crippen molar-refractivity contribution in [2.45, 2.75) is 39.0 Å². The molecule has 2 aromatic carbocycles. The smallest absolute Gasteiger partial charge is 0.272 e. The maximum absolute atomic E-state index is 12.6. The van der Waals surface area contributed by atoms with Crippen LogP contribution in [0.25, 0.3) is 16.5 Å². The number of carbonyl (C=O) groups is 1. The minimum atomic E-state index is -0.162. The van der Waals surface area contributed by atoms with Gasteiger partial charge in [-0.3, -0.25) is 9.59 Å². The monoisotopic (exact) mass is 484 g/mol. The van der Waals surface area contributed by atoms with Crippen LogP contribution in [0.5, 0.6) is 5.75 Å². The van der Waals surface area contributed by atoms with Crippen molar-refractivity contribution >= 4 is 22.4 Å². The lowest BCUT2D eigenvalue weighted by Gasteiger charge is -2.38. The summed E-state index contributed by atoms with van der Waals surface area (Å²) in [5.41, 5.74) is 5.39. The SMILES string of the molecule is CC/C=C(\c1cc(Cc2n[nH]c(=O)c3ccccc23)cc2c1OCC2)N1CCN(C(=O)C2CC2)CC1. The number of rotatable bonds is 6. The van der Waals surface area contributed by atoms with Gasteiger partial charge in [0, 0.05) is 61.6 Å². The van der Waals surface area contributed by atoms with Gasteiger partial charge in [-0.15, -0.1) is 0 Å². The van der Waals surface area contributed by atoms with E-state index in [1.807, 2.05) is 29.2 Å². The zero-order valence-corrected chi connectivity index (χ0v) is 20.8. The van der Waals surface area contributed by atoms with E-state index < -0.39 is 0 Å². The van der Waals surface area contributed by atoms with E-state index in [1.165, 1.54) is 11.3 Å². The van der Waals surface area contributed by atoms with Crippen molar-refractivity contribution in [2.24, 2.45) is 5.92 Å². The van der Waals surface area contributed by atoms with Crippen molar-refractivity contribution in [1.82, 2.24) is 20.0 Å². The Kier molecular flexibility index (Phi) is 5.99. The third kappa shape index (κ3) is 4.27. The van der Waals surface area contributed by atoms with Gasteiger partial charge in [-0.2, -0.15) is 5.10 Å². The fraction of sp³-hybridized carbons (Fsp3) is 0.414. The molecule has 36 heavy (non-hydrogen) atoms. The molecule has 7 nitrogen and oxygen atoms in total. The molecule has 1 N–H and O–H groups in total. The fourth-order valence-corrected chi connectivity index (χ4v) is 5.52. The van der Waals surface area contributed by atoms with Crippen LogP contribution in [0.1, 0.15) is 48.6 Å². The second-order valence-corrected chi connectivity index (χ2v) is 10.0. The molecule has 1 aromatic heterocycles. The van der Waals surface area contributed by atoms with Crippen LogP contribution < -0.4 is 10.3 Å². The standard InChI is InChI=1S/C29H32N4O3/c1-2-5-26(32-11-13-33(14-12-32)29(35)20-8-9-20)24-17-19(16-21-10-15-36-27(21)24)18-25-22-6-3-4-7-23(22)28(34)31-30-25/h3-7,16-17,20H,2,8-15,18H2,1H3,(H,31,34)/b26-5+. The molecule has 0 unspecified atom stereocenters. The van der Waals surface area contributed by atoms with Crippen LogP contribution in [0.3, 0.4) is 0 Å². The molecule has 1 amide bonds. The average molecular weight is 485 g/mol. The van der Waals surface area contributed by atoms with Gasteiger partial charge in [-0.1, -0.05) is 37.3 Å². The lowest BCUT2D eigenvalue weighted by atomic mass is 9.96. The predicted octanol–water partition coefficient (Wildman–Crippen LogP) is 3.75. The van der Waals surface area contributed by atoms with E-state index in [0.29, 0.717) is 24.3 Å². The van der Waals surface area contributed by atoms with Crippen molar-refractivity contribution in [3.05, 3.63) is 75.2 Å². The normalized spacial score (nSPS) is 17.9. The number of nitrogens with one attached hydrogen (secondary N) is 1. The van der Waals surface area contributed by atoms with E-state index >= 15 is 0 Å².